The van der Waals surface area contributed by atoms with Gasteiger partial charge in [-0.2, -0.15) is 13.2 Å². The molecule has 0 aliphatic heterocycles. The SMILES string of the molecule is COC(=O)[C@@H](Cc1cccc(C(F)(F)F)c1)NC(=O)[C@H](Cc1ccccc1)NC(=O)OCc1ccccc1. The van der Waals surface area contributed by atoms with Gasteiger partial charge in [-0.3, -0.25) is 4.79 Å². The second-order valence-corrected chi connectivity index (χ2v) is 8.43. The molecule has 2 amide bonds. The van der Waals surface area contributed by atoms with Crippen molar-refractivity contribution in [3.63, 3.8) is 0 Å². The van der Waals surface area contributed by atoms with Crippen molar-refractivity contribution >= 4 is 18.0 Å². The van der Waals surface area contributed by atoms with Crippen molar-refractivity contribution in [2.75, 3.05) is 7.11 Å². The van der Waals surface area contributed by atoms with Gasteiger partial charge in [0, 0.05) is 12.8 Å². The number of methoxy groups -OCH3 is 1. The molecule has 0 radical (unpaired) electrons. The molecule has 7 nitrogen and oxygen atoms in total. The Bertz CT molecular complexity index is 1220. The maximum Gasteiger partial charge on any atom is 0.416 e. The molecule has 0 saturated heterocycles. The first-order valence-electron chi connectivity index (χ1n) is 11.7. The molecule has 0 fully saturated rings. The lowest BCUT2D eigenvalue weighted by Gasteiger charge is -2.22. The van der Waals surface area contributed by atoms with Gasteiger partial charge in [-0.15, -0.1) is 0 Å². The predicted octanol–water partition coefficient (Wildman–Crippen LogP) is 4.44. The Hall–Kier alpha value is -4.34. The van der Waals surface area contributed by atoms with Crippen LogP contribution in [0.25, 0.3) is 0 Å². The van der Waals surface area contributed by atoms with E-state index in [2.05, 4.69) is 10.6 Å². The Morgan fingerprint density at radius 1 is 0.763 bits per heavy atom. The Morgan fingerprint density at radius 3 is 1.95 bits per heavy atom. The number of alkyl carbamates (subject to hydrolysis) is 1. The Labute approximate surface area is 218 Å². The van der Waals surface area contributed by atoms with Gasteiger partial charge in [0.05, 0.1) is 12.7 Å². The van der Waals surface area contributed by atoms with Crippen LogP contribution in [0.5, 0.6) is 0 Å². The Morgan fingerprint density at radius 2 is 1.34 bits per heavy atom. The predicted molar refractivity (Wildman–Crippen MR) is 133 cm³/mol. The van der Waals surface area contributed by atoms with E-state index in [0.29, 0.717) is 0 Å². The number of rotatable bonds is 10. The van der Waals surface area contributed by atoms with Gasteiger partial charge in [-0.25, -0.2) is 9.59 Å². The molecule has 0 saturated carbocycles. The summed E-state index contributed by atoms with van der Waals surface area (Å²) in [6.45, 7) is -0.0211. The summed E-state index contributed by atoms with van der Waals surface area (Å²) in [6.07, 6.45) is -5.59. The Balaban J connectivity index is 1.75. The van der Waals surface area contributed by atoms with Crippen molar-refractivity contribution in [1.82, 2.24) is 10.6 Å². The fraction of sp³-hybridized carbons (Fsp3) is 0.250. The lowest BCUT2D eigenvalue weighted by atomic mass is 10.0. The van der Waals surface area contributed by atoms with Crippen molar-refractivity contribution in [2.24, 2.45) is 0 Å². The van der Waals surface area contributed by atoms with Crippen LogP contribution in [0.4, 0.5) is 18.0 Å². The lowest BCUT2D eigenvalue weighted by Crippen LogP contribution is -2.53. The zero-order chi connectivity index (χ0) is 27.5. The molecular formula is C28H27F3N2O5. The molecule has 10 heteroatoms. The highest BCUT2D eigenvalue weighted by atomic mass is 19.4. The molecule has 200 valence electrons. The van der Waals surface area contributed by atoms with Crippen molar-refractivity contribution < 1.29 is 37.0 Å². The summed E-state index contributed by atoms with van der Waals surface area (Å²) in [7, 11) is 1.11. The molecule has 0 aromatic heterocycles. The van der Waals surface area contributed by atoms with E-state index < -0.39 is 41.8 Å². The van der Waals surface area contributed by atoms with E-state index in [1.54, 1.807) is 54.6 Å². The van der Waals surface area contributed by atoms with Crippen molar-refractivity contribution in [1.29, 1.82) is 0 Å². The molecule has 0 aliphatic carbocycles. The van der Waals surface area contributed by atoms with Crippen molar-refractivity contribution in [3.05, 3.63) is 107 Å². The van der Waals surface area contributed by atoms with Crippen LogP contribution >= 0.6 is 0 Å². The average molecular weight is 529 g/mol. The normalized spacial score (nSPS) is 12.6. The molecule has 0 spiro atoms. The molecule has 3 aromatic carbocycles. The maximum absolute atomic E-state index is 13.2. The number of halogens is 3. The van der Waals surface area contributed by atoms with E-state index in [4.69, 9.17) is 9.47 Å². The molecular weight excluding hydrogens is 501 g/mol. The zero-order valence-corrected chi connectivity index (χ0v) is 20.5. The fourth-order valence-corrected chi connectivity index (χ4v) is 3.68. The zero-order valence-electron chi connectivity index (χ0n) is 20.5. The summed E-state index contributed by atoms with van der Waals surface area (Å²) < 4.78 is 49.4. The Kier molecular flexibility index (Phi) is 9.86. The summed E-state index contributed by atoms with van der Waals surface area (Å²) in [6, 6.07) is 19.8. The highest BCUT2D eigenvalue weighted by Gasteiger charge is 2.32. The number of amides is 2. The highest BCUT2D eigenvalue weighted by molar-refractivity contribution is 5.90. The van der Waals surface area contributed by atoms with Gasteiger partial charge >= 0.3 is 18.2 Å². The minimum atomic E-state index is -4.56. The maximum atomic E-state index is 13.2. The number of hydrogen-bond acceptors (Lipinski definition) is 5. The minimum Gasteiger partial charge on any atom is -0.467 e. The third-order valence-corrected chi connectivity index (χ3v) is 5.60. The first-order valence-corrected chi connectivity index (χ1v) is 11.7. The summed E-state index contributed by atoms with van der Waals surface area (Å²) in [5, 5.41) is 5.03. The summed E-state index contributed by atoms with van der Waals surface area (Å²) in [4.78, 5) is 38.2. The van der Waals surface area contributed by atoms with E-state index in [1.807, 2.05) is 6.07 Å². The number of carbonyl (C=O) groups excluding carboxylic acids is 3. The number of carbonyl (C=O) groups is 3. The van der Waals surface area contributed by atoms with Crippen LogP contribution < -0.4 is 10.6 Å². The third-order valence-electron chi connectivity index (χ3n) is 5.60. The summed E-state index contributed by atoms with van der Waals surface area (Å²) in [5.41, 5.74) is 0.766. The quantitative estimate of drug-likeness (QED) is 0.380. The summed E-state index contributed by atoms with van der Waals surface area (Å²) >= 11 is 0. The monoisotopic (exact) mass is 528 g/mol. The van der Waals surface area contributed by atoms with Gasteiger partial charge < -0.3 is 20.1 Å². The van der Waals surface area contributed by atoms with Crippen LogP contribution in [0.15, 0.2) is 84.9 Å². The van der Waals surface area contributed by atoms with E-state index in [-0.39, 0.29) is 25.0 Å². The van der Waals surface area contributed by atoms with E-state index in [0.717, 1.165) is 30.4 Å². The van der Waals surface area contributed by atoms with Crippen LogP contribution in [0, 0.1) is 0 Å². The molecule has 3 aromatic rings. The number of benzene rings is 3. The van der Waals surface area contributed by atoms with E-state index in [1.165, 1.54) is 12.1 Å². The number of alkyl halides is 3. The highest BCUT2D eigenvalue weighted by Crippen LogP contribution is 2.29. The largest absolute Gasteiger partial charge is 0.467 e. The van der Waals surface area contributed by atoms with Gasteiger partial charge in [-0.1, -0.05) is 78.9 Å². The van der Waals surface area contributed by atoms with Gasteiger partial charge in [0.15, 0.2) is 0 Å². The lowest BCUT2D eigenvalue weighted by molar-refractivity contribution is -0.145. The van der Waals surface area contributed by atoms with Crippen molar-refractivity contribution in [3.8, 4) is 0 Å². The third kappa shape index (κ3) is 8.65. The fourth-order valence-electron chi connectivity index (χ4n) is 3.68. The van der Waals surface area contributed by atoms with Gasteiger partial charge in [0.1, 0.15) is 18.7 Å². The molecule has 0 heterocycles. The smallest absolute Gasteiger partial charge is 0.416 e. The molecule has 0 unspecified atom stereocenters. The van der Waals surface area contributed by atoms with Gasteiger partial charge in [-0.05, 0) is 22.8 Å². The number of ether oxygens (including phenoxy) is 2. The molecule has 0 aliphatic rings. The average Bonchev–Trinajstić information content (AvgIpc) is 2.91. The van der Waals surface area contributed by atoms with Crippen LogP contribution in [0.1, 0.15) is 22.3 Å². The van der Waals surface area contributed by atoms with Crippen molar-refractivity contribution in [2.45, 2.75) is 37.7 Å². The van der Waals surface area contributed by atoms with Gasteiger partial charge in [0.25, 0.3) is 0 Å². The number of esters is 1. The minimum absolute atomic E-state index is 0.0211. The molecule has 38 heavy (non-hydrogen) atoms. The molecule has 3 rings (SSSR count). The van der Waals surface area contributed by atoms with E-state index >= 15 is 0 Å². The first kappa shape index (κ1) is 28.2. The molecule has 0 bridgehead atoms. The second kappa shape index (κ2) is 13.3. The molecule has 2 N–H and O–H groups in total. The topological polar surface area (TPSA) is 93.7 Å². The first-order chi connectivity index (χ1) is 18.2. The van der Waals surface area contributed by atoms with Crippen LogP contribution in [0.3, 0.4) is 0 Å². The molecule has 2 atom stereocenters. The van der Waals surface area contributed by atoms with Crippen LogP contribution in [0.2, 0.25) is 0 Å². The van der Waals surface area contributed by atoms with E-state index in [9.17, 15) is 27.6 Å². The van der Waals surface area contributed by atoms with Crippen LogP contribution in [-0.2, 0) is 44.7 Å². The second-order valence-electron chi connectivity index (χ2n) is 8.43. The van der Waals surface area contributed by atoms with Crippen LogP contribution in [-0.4, -0.2) is 37.2 Å². The number of nitrogens with one attached hydrogen (secondary N) is 2. The standard InChI is InChI=1S/C28H27F3N2O5/c1-37-26(35)24(17-21-13-8-14-22(15-21)28(29,30)31)32-25(34)23(16-19-9-4-2-5-10-19)33-27(36)38-18-20-11-6-3-7-12-20/h2-15,23-24H,16-18H2,1H3,(H,32,34)(H,33,36)/t23-,24+/m0/s1. The van der Waals surface area contributed by atoms with Gasteiger partial charge in [0.2, 0.25) is 5.91 Å². The summed E-state index contributed by atoms with van der Waals surface area (Å²) in [5.74, 6) is -1.58. The number of hydrogen-bond donors (Lipinski definition) is 2.